The number of nitrogens with zero attached hydrogens (tertiary/aromatic N) is 3. The van der Waals surface area contributed by atoms with E-state index in [9.17, 15) is 21.6 Å². The molecule has 1 saturated heterocycles. The average Bonchev–Trinajstić information content (AvgIpc) is 2.61. The fourth-order valence-electron chi connectivity index (χ4n) is 3.58. The topological polar surface area (TPSA) is 84.4 Å². The molecular formula is C17H25F3N4O3S. The molecule has 28 heavy (non-hydrogen) atoms. The van der Waals surface area contributed by atoms with Crippen LogP contribution in [0.2, 0.25) is 0 Å². The van der Waals surface area contributed by atoms with Gasteiger partial charge in [-0.1, -0.05) is 6.42 Å². The van der Waals surface area contributed by atoms with Gasteiger partial charge in [0.05, 0.1) is 6.26 Å². The summed E-state index contributed by atoms with van der Waals surface area (Å²) in [5, 5.41) is 3.02. The highest BCUT2D eigenvalue weighted by molar-refractivity contribution is 7.88. The van der Waals surface area contributed by atoms with Crippen molar-refractivity contribution < 1.29 is 26.3 Å². The normalized spacial score (nSPS) is 20.9. The van der Waals surface area contributed by atoms with Gasteiger partial charge in [0.2, 0.25) is 21.9 Å². The highest BCUT2D eigenvalue weighted by atomic mass is 32.2. The average molecular weight is 422 g/mol. The van der Waals surface area contributed by atoms with Crippen molar-refractivity contribution in [2.45, 2.75) is 63.3 Å². The van der Waals surface area contributed by atoms with Crippen LogP contribution in [-0.4, -0.2) is 54.2 Å². The SMILES string of the molecule is CS(=O)(=O)N1CCC(Nc2ncc(C(F)(F)F)c(OC3CCCCC3)n2)CC1. The number of alkyl halides is 3. The molecule has 1 aromatic heterocycles. The zero-order chi connectivity index (χ0) is 20.4. The number of aromatic nitrogens is 2. The number of sulfonamides is 1. The van der Waals surface area contributed by atoms with Gasteiger partial charge >= 0.3 is 6.18 Å². The van der Waals surface area contributed by atoms with Crippen LogP contribution in [0.3, 0.4) is 0 Å². The third kappa shape index (κ3) is 5.47. The summed E-state index contributed by atoms with van der Waals surface area (Å²) in [7, 11) is -3.24. The molecule has 1 aliphatic heterocycles. The van der Waals surface area contributed by atoms with E-state index in [1.807, 2.05) is 0 Å². The van der Waals surface area contributed by atoms with Crippen LogP contribution in [0.15, 0.2) is 6.20 Å². The van der Waals surface area contributed by atoms with Crippen molar-refractivity contribution in [1.82, 2.24) is 14.3 Å². The summed E-state index contributed by atoms with van der Waals surface area (Å²) in [5.41, 5.74) is -0.976. The molecule has 158 valence electrons. The Labute approximate surface area is 162 Å². The number of rotatable bonds is 5. The van der Waals surface area contributed by atoms with Crippen LogP contribution < -0.4 is 10.1 Å². The van der Waals surface area contributed by atoms with Crippen LogP contribution in [-0.2, 0) is 16.2 Å². The van der Waals surface area contributed by atoms with Crippen molar-refractivity contribution in [3.63, 3.8) is 0 Å². The molecule has 2 fully saturated rings. The van der Waals surface area contributed by atoms with E-state index in [0.717, 1.165) is 31.7 Å². The van der Waals surface area contributed by atoms with E-state index in [2.05, 4.69) is 15.3 Å². The molecule has 0 bridgehead atoms. The first-order valence-electron chi connectivity index (χ1n) is 9.45. The van der Waals surface area contributed by atoms with Gasteiger partial charge in [0, 0.05) is 25.3 Å². The van der Waals surface area contributed by atoms with Crippen LogP contribution >= 0.6 is 0 Å². The molecule has 11 heteroatoms. The molecular weight excluding hydrogens is 397 g/mol. The maximum atomic E-state index is 13.3. The van der Waals surface area contributed by atoms with E-state index < -0.39 is 27.6 Å². The lowest BCUT2D eigenvalue weighted by Gasteiger charge is -2.30. The maximum Gasteiger partial charge on any atom is 0.423 e. The molecule has 1 saturated carbocycles. The van der Waals surface area contributed by atoms with E-state index in [4.69, 9.17) is 4.74 Å². The van der Waals surface area contributed by atoms with E-state index in [1.54, 1.807) is 0 Å². The Bertz CT molecular complexity index is 774. The van der Waals surface area contributed by atoms with Gasteiger partial charge in [-0.3, -0.25) is 0 Å². The summed E-state index contributed by atoms with van der Waals surface area (Å²) in [4.78, 5) is 7.81. The summed E-state index contributed by atoms with van der Waals surface area (Å²) in [6.45, 7) is 0.700. The molecule has 2 heterocycles. The Morgan fingerprint density at radius 2 is 1.79 bits per heavy atom. The van der Waals surface area contributed by atoms with E-state index in [-0.39, 0.29) is 18.1 Å². The molecule has 0 spiro atoms. The molecule has 0 atom stereocenters. The number of anilines is 1. The van der Waals surface area contributed by atoms with Gasteiger partial charge in [0.1, 0.15) is 11.7 Å². The second kappa shape index (κ2) is 8.40. The summed E-state index contributed by atoms with van der Waals surface area (Å²) >= 11 is 0. The van der Waals surface area contributed by atoms with Crippen molar-refractivity contribution in [2.75, 3.05) is 24.7 Å². The van der Waals surface area contributed by atoms with Crippen LogP contribution in [0, 0.1) is 0 Å². The van der Waals surface area contributed by atoms with Crippen molar-refractivity contribution in [3.05, 3.63) is 11.8 Å². The molecule has 0 aromatic carbocycles. The fraction of sp³-hybridized carbons (Fsp3) is 0.765. The Hall–Kier alpha value is -1.62. The number of halogens is 3. The van der Waals surface area contributed by atoms with Crippen molar-refractivity contribution in [2.24, 2.45) is 0 Å². The Balaban J connectivity index is 1.70. The van der Waals surface area contributed by atoms with Gasteiger partial charge in [-0.25, -0.2) is 17.7 Å². The summed E-state index contributed by atoms with van der Waals surface area (Å²) in [6.07, 6.45) is 2.46. The Kier molecular flexibility index (Phi) is 6.33. The predicted molar refractivity (Wildman–Crippen MR) is 97.6 cm³/mol. The molecule has 0 unspecified atom stereocenters. The lowest BCUT2D eigenvalue weighted by atomic mass is 9.98. The number of piperidine rings is 1. The van der Waals surface area contributed by atoms with Crippen LogP contribution in [0.25, 0.3) is 0 Å². The van der Waals surface area contributed by atoms with Gasteiger partial charge in [-0.05, 0) is 38.5 Å². The predicted octanol–water partition coefficient (Wildman–Crippen LogP) is 3.04. The number of ether oxygens (including phenoxy) is 1. The second-order valence-corrected chi connectivity index (χ2v) is 9.35. The van der Waals surface area contributed by atoms with Crippen molar-refractivity contribution in [1.29, 1.82) is 0 Å². The van der Waals surface area contributed by atoms with Crippen molar-refractivity contribution >= 4 is 16.0 Å². The maximum absolute atomic E-state index is 13.3. The third-order valence-corrected chi connectivity index (χ3v) is 6.45. The summed E-state index contributed by atoms with van der Waals surface area (Å²) in [6, 6.07) is -0.114. The molecule has 1 aliphatic carbocycles. The fourth-order valence-corrected chi connectivity index (χ4v) is 4.45. The minimum absolute atomic E-state index is 0.0663. The third-order valence-electron chi connectivity index (χ3n) is 5.15. The van der Waals surface area contributed by atoms with E-state index in [0.29, 0.717) is 38.8 Å². The van der Waals surface area contributed by atoms with E-state index >= 15 is 0 Å². The molecule has 7 nitrogen and oxygen atoms in total. The van der Waals surface area contributed by atoms with Gasteiger partial charge in [-0.15, -0.1) is 0 Å². The summed E-state index contributed by atoms with van der Waals surface area (Å²) in [5.74, 6) is -0.373. The number of hydrogen-bond donors (Lipinski definition) is 1. The van der Waals surface area contributed by atoms with Crippen LogP contribution in [0.1, 0.15) is 50.5 Å². The van der Waals surface area contributed by atoms with Gasteiger partial charge in [0.25, 0.3) is 0 Å². The molecule has 0 amide bonds. The highest BCUT2D eigenvalue weighted by Gasteiger charge is 2.37. The smallest absolute Gasteiger partial charge is 0.423 e. The molecule has 3 rings (SSSR count). The Morgan fingerprint density at radius 3 is 2.36 bits per heavy atom. The van der Waals surface area contributed by atoms with Gasteiger partial charge in [0.15, 0.2) is 0 Å². The van der Waals surface area contributed by atoms with Crippen molar-refractivity contribution in [3.8, 4) is 5.88 Å². The quantitative estimate of drug-likeness (QED) is 0.785. The molecule has 1 N–H and O–H groups in total. The zero-order valence-electron chi connectivity index (χ0n) is 15.7. The second-order valence-electron chi connectivity index (χ2n) is 7.37. The first-order chi connectivity index (χ1) is 13.1. The largest absolute Gasteiger partial charge is 0.474 e. The van der Waals surface area contributed by atoms with Gasteiger partial charge < -0.3 is 10.1 Å². The minimum atomic E-state index is -4.59. The van der Waals surface area contributed by atoms with Crippen LogP contribution in [0.4, 0.5) is 19.1 Å². The van der Waals surface area contributed by atoms with Crippen LogP contribution in [0.5, 0.6) is 5.88 Å². The molecule has 2 aliphatic rings. The highest BCUT2D eigenvalue weighted by Crippen LogP contribution is 2.36. The van der Waals surface area contributed by atoms with E-state index in [1.165, 1.54) is 4.31 Å². The molecule has 1 aromatic rings. The minimum Gasteiger partial charge on any atom is -0.474 e. The molecule has 0 radical (unpaired) electrons. The number of hydrogen-bond acceptors (Lipinski definition) is 6. The number of nitrogens with one attached hydrogen (secondary N) is 1. The zero-order valence-corrected chi connectivity index (χ0v) is 16.5. The van der Waals surface area contributed by atoms with Gasteiger partial charge in [-0.2, -0.15) is 18.2 Å². The first-order valence-corrected chi connectivity index (χ1v) is 11.3. The Morgan fingerprint density at radius 1 is 1.14 bits per heavy atom. The lowest BCUT2D eigenvalue weighted by Crippen LogP contribution is -2.42. The summed E-state index contributed by atoms with van der Waals surface area (Å²) < 4.78 is 70.1. The lowest BCUT2D eigenvalue weighted by molar-refractivity contribution is -0.140. The standard InChI is InChI=1S/C17H25F3N4O3S/c1-28(25,26)24-9-7-12(8-10-24)22-16-21-11-14(17(18,19)20)15(23-16)27-13-5-3-2-4-6-13/h11-13H,2-10H2,1H3,(H,21,22,23). The monoisotopic (exact) mass is 422 g/mol. The first kappa shape index (κ1) is 21.1.